The lowest BCUT2D eigenvalue weighted by Crippen LogP contribution is -2.58. The minimum Gasteiger partial charge on any atom is -0.461 e. The molecule has 1 aromatic carbocycles. The Morgan fingerprint density at radius 2 is 1.50 bits per heavy atom. The number of carbonyl (C=O) groups excluding carboxylic acids is 4. The number of alkyl carbamates (subject to hydrolysis) is 1. The van der Waals surface area contributed by atoms with E-state index in [1.54, 1.807) is 53.7 Å². The lowest BCUT2D eigenvalue weighted by atomic mass is 9.86. The second-order valence-electron chi connectivity index (χ2n) is 9.47. The summed E-state index contributed by atoms with van der Waals surface area (Å²) in [6, 6.07) is 6.89. The topological polar surface area (TPSA) is 123 Å². The first-order chi connectivity index (χ1) is 14.7. The van der Waals surface area contributed by atoms with Crippen LogP contribution >= 0.6 is 0 Å². The van der Waals surface area contributed by atoms with Crippen molar-refractivity contribution in [1.29, 1.82) is 0 Å². The van der Waals surface area contributed by atoms with Crippen LogP contribution in [-0.4, -0.2) is 48.6 Å². The molecular weight excluding hydrogens is 414 g/mol. The summed E-state index contributed by atoms with van der Waals surface area (Å²) in [4.78, 5) is 49.9. The molecule has 0 aliphatic carbocycles. The van der Waals surface area contributed by atoms with Crippen molar-refractivity contribution in [2.24, 2.45) is 5.41 Å². The molecule has 0 saturated carbocycles. The molecule has 9 heteroatoms. The molecule has 0 spiro atoms. The van der Waals surface area contributed by atoms with E-state index in [4.69, 9.17) is 9.47 Å². The van der Waals surface area contributed by atoms with Crippen LogP contribution in [0.2, 0.25) is 0 Å². The molecule has 1 aromatic rings. The Balaban J connectivity index is 2.94. The Morgan fingerprint density at radius 3 is 2.00 bits per heavy atom. The van der Waals surface area contributed by atoms with Crippen LogP contribution in [-0.2, 0) is 30.5 Å². The molecule has 0 radical (unpaired) electrons. The van der Waals surface area contributed by atoms with Gasteiger partial charge in [0.15, 0.2) is 0 Å². The molecule has 3 N–H and O–H groups in total. The van der Waals surface area contributed by atoms with E-state index < -0.39 is 53.4 Å². The molecule has 1 rings (SSSR count). The van der Waals surface area contributed by atoms with E-state index in [0.29, 0.717) is 0 Å². The van der Waals surface area contributed by atoms with Crippen molar-refractivity contribution in [3.8, 4) is 0 Å². The summed E-state index contributed by atoms with van der Waals surface area (Å²) in [6.07, 6.45) is -1.29. The van der Waals surface area contributed by atoms with Gasteiger partial charge in [-0.05, 0) is 31.7 Å². The SMILES string of the molecule is CNC(=O)[C@@H](NC(=O)C(CC(=O)OCc1ccccc1)NC(=O)OC(C)(C)C)C(C)(C)C. The Kier molecular flexibility index (Phi) is 9.68. The minimum absolute atomic E-state index is 0.0311. The van der Waals surface area contributed by atoms with Gasteiger partial charge in [-0.15, -0.1) is 0 Å². The third kappa shape index (κ3) is 9.80. The smallest absolute Gasteiger partial charge is 0.408 e. The van der Waals surface area contributed by atoms with Gasteiger partial charge in [-0.1, -0.05) is 51.1 Å². The first-order valence-electron chi connectivity index (χ1n) is 10.4. The van der Waals surface area contributed by atoms with E-state index in [0.717, 1.165) is 5.56 Å². The molecular formula is C23H35N3O6. The Morgan fingerprint density at radius 1 is 0.906 bits per heavy atom. The van der Waals surface area contributed by atoms with Gasteiger partial charge in [0.1, 0.15) is 24.3 Å². The molecule has 0 aromatic heterocycles. The second-order valence-corrected chi connectivity index (χ2v) is 9.47. The van der Waals surface area contributed by atoms with Crippen LogP contribution in [0.1, 0.15) is 53.5 Å². The van der Waals surface area contributed by atoms with Crippen molar-refractivity contribution in [1.82, 2.24) is 16.0 Å². The highest BCUT2D eigenvalue weighted by Crippen LogP contribution is 2.20. The summed E-state index contributed by atoms with van der Waals surface area (Å²) < 4.78 is 10.5. The summed E-state index contributed by atoms with van der Waals surface area (Å²) >= 11 is 0. The third-order valence-corrected chi connectivity index (χ3v) is 4.28. The number of likely N-dealkylation sites (N-methyl/N-ethyl adjacent to an activating group) is 1. The van der Waals surface area contributed by atoms with Gasteiger partial charge in [0, 0.05) is 7.05 Å². The molecule has 0 saturated heterocycles. The van der Waals surface area contributed by atoms with Gasteiger partial charge >= 0.3 is 12.1 Å². The van der Waals surface area contributed by atoms with E-state index in [-0.39, 0.29) is 6.61 Å². The van der Waals surface area contributed by atoms with Gasteiger partial charge in [-0.2, -0.15) is 0 Å². The number of rotatable bonds is 8. The maximum atomic E-state index is 13.0. The molecule has 0 aliphatic rings. The number of esters is 1. The summed E-state index contributed by atoms with van der Waals surface area (Å²) in [6.45, 7) is 10.4. The molecule has 178 valence electrons. The highest BCUT2D eigenvalue weighted by Gasteiger charge is 2.35. The molecule has 0 heterocycles. The van der Waals surface area contributed by atoms with Crippen LogP contribution in [0.4, 0.5) is 4.79 Å². The molecule has 32 heavy (non-hydrogen) atoms. The van der Waals surface area contributed by atoms with Crippen molar-refractivity contribution in [3.05, 3.63) is 35.9 Å². The molecule has 2 atom stereocenters. The molecule has 1 unspecified atom stereocenters. The average molecular weight is 450 g/mol. The van der Waals surface area contributed by atoms with Crippen molar-refractivity contribution in [2.75, 3.05) is 7.05 Å². The normalized spacial score (nSPS) is 13.3. The third-order valence-electron chi connectivity index (χ3n) is 4.28. The lowest BCUT2D eigenvalue weighted by Gasteiger charge is -2.31. The van der Waals surface area contributed by atoms with Gasteiger partial charge in [0.2, 0.25) is 11.8 Å². The van der Waals surface area contributed by atoms with Gasteiger partial charge < -0.3 is 25.4 Å². The zero-order valence-corrected chi connectivity index (χ0v) is 19.9. The average Bonchev–Trinajstić information content (AvgIpc) is 2.67. The van der Waals surface area contributed by atoms with Crippen LogP contribution in [0.25, 0.3) is 0 Å². The first-order valence-corrected chi connectivity index (χ1v) is 10.4. The van der Waals surface area contributed by atoms with Crippen LogP contribution in [0.5, 0.6) is 0 Å². The second kappa shape index (κ2) is 11.5. The Bertz CT molecular complexity index is 796. The highest BCUT2D eigenvalue weighted by atomic mass is 16.6. The van der Waals surface area contributed by atoms with Crippen LogP contribution in [0, 0.1) is 5.41 Å². The summed E-state index contributed by atoms with van der Waals surface area (Å²) in [5, 5.41) is 7.55. The fourth-order valence-corrected chi connectivity index (χ4v) is 2.69. The van der Waals surface area contributed by atoms with Crippen molar-refractivity contribution in [2.45, 2.75) is 72.3 Å². The zero-order chi connectivity index (χ0) is 24.5. The molecule has 0 aliphatic heterocycles. The number of carbonyl (C=O) groups is 4. The molecule has 0 bridgehead atoms. The Hall–Kier alpha value is -3.10. The number of hydrogen-bond acceptors (Lipinski definition) is 6. The number of ether oxygens (including phenoxy) is 2. The van der Waals surface area contributed by atoms with E-state index >= 15 is 0 Å². The number of amides is 3. The van der Waals surface area contributed by atoms with Gasteiger partial charge in [-0.25, -0.2) is 4.79 Å². The number of hydrogen-bond donors (Lipinski definition) is 3. The van der Waals surface area contributed by atoms with Crippen LogP contribution in [0.3, 0.4) is 0 Å². The van der Waals surface area contributed by atoms with E-state index in [2.05, 4.69) is 16.0 Å². The predicted molar refractivity (Wildman–Crippen MR) is 119 cm³/mol. The van der Waals surface area contributed by atoms with Gasteiger partial charge in [-0.3, -0.25) is 14.4 Å². The highest BCUT2D eigenvalue weighted by molar-refractivity contribution is 5.93. The van der Waals surface area contributed by atoms with E-state index in [1.165, 1.54) is 7.05 Å². The quantitative estimate of drug-likeness (QED) is 0.523. The molecule has 9 nitrogen and oxygen atoms in total. The van der Waals surface area contributed by atoms with Crippen LogP contribution in [0.15, 0.2) is 30.3 Å². The zero-order valence-electron chi connectivity index (χ0n) is 19.9. The van der Waals surface area contributed by atoms with E-state index in [9.17, 15) is 19.2 Å². The van der Waals surface area contributed by atoms with Gasteiger partial charge in [0.25, 0.3) is 0 Å². The maximum Gasteiger partial charge on any atom is 0.408 e. The Labute approximate surface area is 189 Å². The number of nitrogens with one attached hydrogen (secondary N) is 3. The van der Waals surface area contributed by atoms with Gasteiger partial charge in [0.05, 0.1) is 6.42 Å². The number of benzene rings is 1. The fourth-order valence-electron chi connectivity index (χ4n) is 2.69. The first kappa shape index (κ1) is 26.9. The summed E-state index contributed by atoms with van der Waals surface area (Å²) in [5.74, 6) is -1.78. The van der Waals surface area contributed by atoms with Crippen molar-refractivity contribution < 1.29 is 28.7 Å². The fraction of sp³-hybridized carbons (Fsp3) is 0.565. The summed E-state index contributed by atoms with van der Waals surface area (Å²) in [7, 11) is 1.46. The van der Waals surface area contributed by atoms with E-state index in [1.807, 2.05) is 18.2 Å². The minimum atomic E-state index is -1.29. The van der Waals surface area contributed by atoms with Crippen molar-refractivity contribution in [3.63, 3.8) is 0 Å². The van der Waals surface area contributed by atoms with Crippen LogP contribution < -0.4 is 16.0 Å². The predicted octanol–water partition coefficient (Wildman–Crippen LogP) is 2.29. The summed E-state index contributed by atoms with van der Waals surface area (Å²) in [5.41, 5.74) is -0.621. The molecule has 3 amide bonds. The maximum absolute atomic E-state index is 13.0. The largest absolute Gasteiger partial charge is 0.461 e. The monoisotopic (exact) mass is 449 g/mol. The molecule has 0 fully saturated rings. The lowest BCUT2D eigenvalue weighted by molar-refractivity contribution is -0.147. The van der Waals surface area contributed by atoms with Crippen molar-refractivity contribution >= 4 is 23.9 Å². The standard InChI is InChI=1S/C23H35N3O6/c1-22(2,3)18(20(29)24-7)26-19(28)16(25-21(30)32-23(4,5)6)13-17(27)31-14-15-11-9-8-10-12-15/h8-12,16,18H,13-14H2,1-7H3,(H,24,29)(H,25,30)(H,26,28)/t16?,18-/m1/s1.